The molecule has 0 saturated carbocycles. The summed E-state index contributed by atoms with van der Waals surface area (Å²) in [6.07, 6.45) is 3.55. The van der Waals surface area contributed by atoms with Crippen LogP contribution in [0.4, 0.5) is 0 Å². The highest BCUT2D eigenvalue weighted by molar-refractivity contribution is 8.02. The molecule has 0 N–H and O–H groups in total. The Kier molecular flexibility index (Phi) is 1.76. The lowest BCUT2D eigenvalue weighted by molar-refractivity contribution is 1.50. The Hall–Kier alpha value is -0.680. The molecule has 2 heteroatoms. The summed E-state index contributed by atoms with van der Waals surface area (Å²) in [5.41, 5.74) is 1.12. The van der Waals surface area contributed by atoms with Gasteiger partial charge in [0.15, 0.2) is 0 Å². The van der Waals surface area contributed by atoms with Crippen molar-refractivity contribution in [1.29, 1.82) is 5.26 Å². The maximum absolute atomic E-state index is 8.16. The largest absolute Gasteiger partial charge is 0.193 e. The maximum atomic E-state index is 8.16. The Morgan fingerprint density at radius 2 is 2.75 bits per heavy atom. The molecule has 0 aromatic carbocycles. The number of hydrogen-bond donors (Lipinski definition) is 0. The van der Waals surface area contributed by atoms with E-state index in [4.69, 9.17) is 5.26 Å². The number of rotatable bonds is 0. The molecule has 0 amide bonds. The molecule has 0 spiro atoms. The van der Waals surface area contributed by atoms with E-state index in [1.807, 2.05) is 17.6 Å². The molecule has 1 aliphatic heterocycles. The van der Waals surface area contributed by atoms with Crippen LogP contribution in [0.5, 0.6) is 0 Å². The van der Waals surface area contributed by atoms with Crippen LogP contribution in [0.2, 0.25) is 0 Å². The van der Waals surface area contributed by atoms with Gasteiger partial charge in [-0.2, -0.15) is 5.26 Å². The number of nitrogens with zero attached hydrogens (tertiary/aromatic N) is 1. The van der Waals surface area contributed by atoms with Crippen molar-refractivity contribution in [2.24, 2.45) is 0 Å². The van der Waals surface area contributed by atoms with E-state index in [-0.39, 0.29) is 0 Å². The molecule has 0 saturated heterocycles. The fourth-order valence-electron chi connectivity index (χ4n) is 0.501. The van der Waals surface area contributed by atoms with Crippen molar-refractivity contribution in [3.05, 3.63) is 23.1 Å². The zero-order valence-electron chi connectivity index (χ0n) is 4.29. The summed E-state index contributed by atoms with van der Waals surface area (Å²) in [6, 6.07) is 1.98. The van der Waals surface area contributed by atoms with Crippen molar-refractivity contribution in [3.63, 3.8) is 0 Å². The zero-order valence-corrected chi connectivity index (χ0v) is 5.11. The molecule has 0 fully saturated rings. The highest BCUT2D eigenvalue weighted by Gasteiger charge is 1.96. The van der Waals surface area contributed by atoms with Crippen LogP contribution >= 0.6 is 11.8 Å². The lowest BCUT2D eigenvalue weighted by Crippen LogP contribution is -1.71. The van der Waals surface area contributed by atoms with Crippen LogP contribution in [0.15, 0.2) is 23.1 Å². The molecular formula is C6H5NS. The Morgan fingerprint density at radius 3 is 3.25 bits per heavy atom. The summed E-state index contributed by atoms with van der Waals surface area (Å²) in [4.78, 5) is 0. The maximum Gasteiger partial charge on any atom is 0.0915 e. The molecule has 0 radical (unpaired) electrons. The second-order valence-electron chi connectivity index (χ2n) is 1.46. The van der Waals surface area contributed by atoms with Gasteiger partial charge < -0.3 is 0 Å². The Morgan fingerprint density at radius 1 is 1.88 bits per heavy atom. The second-order valence-corrected chi connectivity index (χ2v) is 2.36. The molecule has 40 valence electrons. The van der Waals surface area contributed by atoms with E-state index >= 15 is 0 Å². The van der Waals surface area contributed by atoms with Gasteiger partial charge in [-0.1, -0.05) is 6.08 Å². The SMILES string of the molecule is N#CC=C1C=CSC1. The van der Waals surface area contributed by atoms with Crippen molar-refractivity contribution in [1.82, 2.24) is 0 Å². The third kappa shape index (κ3) is 1.14. The predicted molar refractivity (Wildman–Crippen MR) is 35.3 cm³/mol. The first-order valence-corrected chi connectivity index (χ1v) is 3.35. The minimum absolute atomic E-state index is 0.966. The monoisotopic (exact) mass is 123 g/mol. The Bertz CT molecular complexity index is 173. The molecule has 8 heavy (non-hydrogen) atoms. The van der Waals surface area contributed by atoms with Gasteiger partial charge in [0.25, 0.3) is 0 Å². The van der Waals surface area contributed by atoms with Gasteiger partial charge in [0.05, 0.1) is 6.07 Å². The van der Waals surface area contributed by atoms with Crippen molar-refractivity contribution in [2.45, 2.75) is 0 Å². The summed E-state index contributed by atoms with van der Waals surface area (Å²) in [7, 11) is 0. The standard InChI is InChI=1S/C6H5NS/c7-3-1-6-2-4-8-5-6/h1-2,4H,5H2. The van der Waals surface area contributed by atoms with Gasteiger partial charge in [-0.3, -0.25) is 0 Å². The van der Waals surface area contributed by atoms with E-state index < -0.39 is 0 Å². The first-order chi connectivity index (χ1) is 3.93. The molecule has 0 aliphatic carbocycles. The fourth-order valence-corrected chi connectivity index (χ4v) is 1.24. The van der Waals surface area contributed by atoms with Gasteiger partial charge in [0.2, 0.25) is 0 Å². The number of hydrogen-bond acceptors (Lipinski definition) is 2. The molecular weight excluding hydrogens is 118 g/mol. The van der Waals surface area contributed by atoms with Crippen LogP contribution in [0, 0.1) is 11.3 Å². The molecule has 0 atom stereocenters. The van der Waals surface area contributed by atoms with Crippen LogP contribution in [0.25, 0.3) is 0 Å². The third-order valence-corrected chi connectivity index (χ3v) is 1.71. The zero-order chi connectivity index (χ0) is 5.82. The molecule has 1 heterocycles. The van der Waals surface area contributed by atoms with Gasteiger partial charge in [0, 0.05) is 11.8 Å². The van der Waals surface area contributed by atoms with Crippen LogP contribution in [-0.4, -0.2) is 5.75 Å². The van der Waals surface area contributed by atoms with Crippen LogP contribution in [0.3, 0.4) is 0 Å². The first kappa shape index (κ1) is 5.46. The summed E-state index contributed by atoms with van der Waals surface area (Å²) in [5, 5.41) is 10.2. The molecule has 0 unspecified atom stereocenters. The predicted octanol–water partition coefficient (Wildman–Crippen LogP) is 1.70. The van der Waals surface area contributed by atoms with Gasteiger partial charge in [-0.25, -0.2) is 0 Å². The molecule has 1 rings (SSSR count). The van der Waals surface area contributed by atoms with Gasteiger partial charge >= 0.3 is 0 Å². The number of nitriles is 1. The summed E-state index contributed by atoms with van der Waals surface area (Å²) < 4.78 is 0. The summed E-state index contributed by atoms with van der Waals surface area (Å²) >= 11 is 1.72. The molecule has 1 aliphatic rings. The van der Waals surface area contributed by atoms with Gasteiger partial charge in [0.1, 0.15) is 0 Å². The second kappa shape index (κ2) is 2.58. The van der Waals surface area contributed by atoms with Gasteiger partial charge in [-0.05, 0) is 11.0 Å². The fraction of sp³-hybridized carbons (Fsp3) is 0.167. The number of thioether (sulfide) groups is 1. The topological polar surface area (TPSA) is 23.8 Å². The summed E-state index contributed by atoms with van der Waals surface area (Å²) in [5.74, 6) is 0.966. The molecule has 1 nitrogen and oxygen atoms in total. The molecule has 0 bridgehead atoms. The van der Waals surface area contributed by atoms with E-state index in [2.05, 4.69) is 0 Å². The Labute approximate surface area is 52.7 Å². The van der Waals surface area contributed by atoms with Crippen LogP contribution in [-0.2, 0) is 0 Å². The molecule has 0 aromatic heterocycles. The summed E-state index contributed by atoms with van der Waals surface area (Å²) in [6.45, 7) is 0. The lowest BCUT2D eigenvalue weighted by atomic mass is 10.3. The Balaban J connectivity index is 2.63. The van der Waals surface area contributed by atoms with Crippen LogP contribution < -0.4 is 0 Å². The van der Waals surface area contributed by atoms with Crippen LogP contribution in [0.1, 0.15) is 0 Å². The molecule has 0 aromatic rings. The van der Waals surface area contributed by atoms with Crippen molar-refractivity contribution >= 4 is 11.8 Å². The van der Waals surface area contributed by atoms with Crippen molar-refractivity contribution in [2.75, 3.05) is 5.75 Å². The van der Waals surface area contributed by atoms with E-state index in [0.717, 1.165) is 11.3 Å². The van der Waals surface area contributed by atoms with E-state index in [1.165, 1.54) is 0 Å². The highest BCUT2D eigenvalue weighted by Crippen LogP contribution is 2.18. The lowest BCUT2D eigenvalue weighted by Gasteiger charge is -1.81. The number of allylic oxidation sites excluding steroid dienone is 2. The highest BCUT2D eigenvalue weighted by atomic mass is 32.2. The van der Waals surface area contributed by atoms with E-state index in [0.29, 0.717) is 0 Å². The van der Waals surface area contributed by atoms with Gasteiger partial charge in [-0.15, -0.1) is 11.8 Å². The smallest absolute Gasteiger partial charge is 0.0915 e. The third-order valence-electron chi connectivity index (χ3n) is 0.878. The quantitative estimate of drug-likeness (QED) is 0.458. The minimum atomic E-state index is 0.966. The minimum Gasteiger partial charge on any atom is -0.193 e. The van der Waals surface area contributed by atoms with Crippen molar-refractivity contribution < 1.29 is 0 Å². The van der Waals surface area contributed by atoms with Crippen molar-refractivity contribution in [3.8, 4) is 6.07 Å². The first-order valence-electron chi connectivity index (χ1n) is 2.30. The average molecular weight is 123 g/mol. The average Bonchev–Trinajstić information content (AvgIpc) is 2.19. The van der Waals surface area contributed by atoms with E-state index in [9.17, 15) is 0 Å². The van der Waals surface area contributed by atoms with E-state index in [1.54, 1.807) is 17.8 Å². The normalized spacial score (nSPS) is 21.6.